The van der Waals surface area contributed by atoms with E-state index in [0.717, 1.165) is 12.5 Å². The molecule has 0 aliphatic heterocycles. The Bertz CT molecular complexity index is 371. The predicted molar refractivity (Wildman–Crippen MR) is 77.3 cm³/mol. The molecule has 0 saturated heterocycles. The minimum atomic E-state index is 0.565. The molecule has 0 heterocycles. The van der Waals surface area contributed by atoms with Crippen molar-refractivity contribution in [1.82, 2.24) is 5.32 Å². The standard InChI is InChI=1S/C15H22BrN/c1-3-9-17-15(12-5-4-6-12)13-7-8-14(16)11(2)10-13/h7-8,10,12,15,17H,3-6,9H2,1-2H3. The Morgan fingerprint density at radius 3 is 2.71 bits per heavy atom. The fourth-order valence-electron chi connectivity index (χ4n) is 2.49. The summed E-state index contributed by atoms with van der Waals surface area (Å²) < 4.78 is 1.21. The van der Waals surface area contributed by atoms with E-state index in [9.17, 15) is 0 Å². The Balaban J connectivity index is 2.15. The zero-order valence-electron chi connectivity index (χ0n) is 10.8. The number of rotatable bonds is 5. The number of benzene rings is 1. The van der Waals surface area contributed by atoms with Crippen molar-refractivity contribution >= 4 is 15.9 Å². The summed E-state index contributed by atoms with van der Waals surface area (Å²) in [5, 5.41) is 3.72. The summed E-state index contributed by atoms with van der Waals surface area (Å²) in [5.41, 5.74) is 2.80. The molecule has 17 heavy (non-hydrogen) atoms. The summed E-state index contributed by atoms with van der Waals surface area (Å²) in [6.45, 7) is 5.53. The molecule has 1 atom stereocenters. The first-order valence-corrected chi connectivity index (χ1v) is 7.51. The van der Waals surface area contributed by atoms with E-state index >= 15 is 0 Å². The third-order valence-corrected chi connectivity index (χ3v) is 4.67. The van der Waals surface area contributed by atoms with Gasteiger partial charge in [0.2, 0.25) is 0 Å². The average Bonchev–Trinajstić information content (AvgIpc) is 2.25. The van der Waals surface area contributed by atoms with E-state index in [2.05, 4.69) is 53.3 Å². The third-order valence-electron chi connectivity index (χ3n) is 3.78. The summed E-state index contributed by atoms with van der Waals surface area (Å²) in [5.74, 6) is 0.849. The number of nitrogens with one attached hydrogen (secondary N) is 1. The van der Waals surface area contributed by atoms with Crippen molar-refractivity contribution in [3.8, 4) is 0 Å². The van der Waals surface area contributed by atoms with Crippen LogP contribution in [0, 0.1) is 12.8 Å². The number of halogens is 1. The van der Waals surface area contributed by atoms with Crippen LogP contribution < -0.4 is 5.32 Å². The van der Waals surface area contributed by atoms with Crippen molar-refractivity contribution in [3.05, 3.63) is 33.8 Å². The van der Waals surface area contributed by atoms with Crippen molar-refractivity contribution < 1.29 is 0 Å². The Morgan fingerprint density at radius 2 is 2.18 bits per heavy atom. The van der Waals surface area contributed by atoms with Crippen LogP contribution in [0.3, 0.4) is 0 Å². The van der Waals surface area contributed by atoms with Crippen LogP contribution in [-0.4, -0.2) is 6.54 Å². The summed E-state index contributed by atoms with van der Waals surface area (Å²) in [6.07, 6.45) is 5.39. The number of aryl methyl sites for hydroxylation is 1. The van der Waals surface area contributed by atoms with Crippen LogP contribution in [0.2, 0.25) is 0 Å². The molecule has 1 aromatic carbocycles. The van der Waals surface area contributed by atoms with Crippen molar-refractivity contribution in [1.29, 1.82) is 0 Å². The number of hydrogen-bond acceptors (Lipinski definition) is 1. The topological polar surface area (TPSA) is 12.0 Å². The highest BCUT2D eigenvalue weighted by molar-refractivity contribution is 9.10. The van der Waals surface area contributed by atoms with Gasteiger partial charge in [-0.05, 0) is 55.8 Å². The maximum atomic E-state index is 3.72. The molecular weight excluding hydrogens is 274 g/mol. The second-order valence-electron chi connectivity index (χ2n) is 5.13. The summed E-state index contributed by atoms with van der Waals surface area (Å²) in [6, 6.07) is 7.35. The molecule has 2 rings (SSSR count). The highest BCUT2D eigenvalue weighted by Gasteiger charge is 2.27. The van der Waals surface area contributed by atoms with Crippen LogP contribution in [0.25, 0.3) is 0 Å². The first-order chi connectivity index (χ1) is 8.22. The second-order valence-corrected chi connectivity index (χ2v) is 5.99. The molecule has 1 aliphatic carbocycles. The zero-order valence-corrected chi connectivity index (χ0v) is 12.4. The lowest BCUT2D eigenvalue weighted by Gasteiger charge is -2.35. The number of hydrogen-bond donors (Lipinski definition) is 1. The molecule has 0 aromatic heterocycles. The molecule has 1 aromatic rings. The zero-order chi connectivity index (χ0) is 12.3. The van der Waals surface area contributed by atoms with Gasteiger partial charge in [0.25, 0.3) is 0 Å². The second kappa shape index (κ2) is 6.01. The smallest absolute Gasteiger partial charge is 0.0348 e. The van der Waals surface area contributed by atoms with Crippen molar-refractivity contribution in [2.45, 2.75) is 45.6 Å². The van der Waals surface area contributed by atoms with E-state index in [1.165, 1.54) is 41.3 Å². The van der Waals surface area contributed by atoms with Crippen LogP contribution in [0.1, 0.15) is 49.8 Å². The van der Waals surface area contributed by atoms with Crippen molar-refractivity contribution in [3.63, 3.8) is 0 Å². The average molecular weight is 296 g/mol. The van der Waals surface area contributed by atoms with Gasteiger partial charge >= 0.3 is 0 Å². The van der Waals surface area contributed by atoms with Gasteiger partial charge in [-0.2, -0.15) is 0 Å². The molecule has 0 radical (unpaired) electrons. The molecule has 1 aliphatic rings. The monoisotopic (exact) mass is 295 g/mol. The van der Waals surface area contributed by atoms with E-state index in [1.54, 1.807) is 0 Å². The van der Waals surface area contributed by atoms with Gasteiger partial charge < -0.3 is 5.32 Å². The SMILES string of the molecule is CCCNC(c1ccc(Br)c(C)c1)C1CCC1. The van der Waals surface area contributed by atoms with Crippen molar-refractivity contribution in [2.24, 2.45) is 5.92 Å². The summed E-state index contributed by atoms with van der Waals surface area (Å²) in [4.78, 5) is 0. The quantitative estimate of drug-likeness (QED) is 0.837. The molecular formula is C15H22BrN. The van der Waals surface area contributed by atoms with Crippen LogP contribution >= 0.6 is 15.9 Å². The maximum Gasteiger partial charge on any atom is 0.0348 e. The summed E-state index contributed by atoms with van der Waals surface area (Å²) in [7, 11) is 0. The van der Waals surface area contributed by atoms with E-state index in [0.29, 0.717) is 6.04 Å². The molecule has 94 valence electrons. The van der Waals surface area contributed by atoms with Gasteiger partial charge in [0.1, 0.15) is 0 Å². The van der Waals surface area contributed by atoms with Gasteiger partial charge in [0.15, 0.2) is 0 Å². The lowest BCUT2D eigenvalue weighted by Crippen LogP contribution is -2.32. The van der Waals surface area contributed by atoms with E-state index in [-0.39, 0.29) is 0 Å². The minimum Gasteiger partial charge on any atom is -0.310 e. The van der Waals surface area contributed by atoms with Gasteiger partial charge in [0, 0.05) is 10.5 Å². The maximum absolute atomic E-state index is 3.72. The van der Waals surface area contributed by atoms with Gasteiger partial charge in [-0.1, -0.05) is 41.4 Å². The predicted octanol–water partition coefficient (Wildman–Crippen LogP) is 4.60. The minimum absolute atomic E-state index is 0.565. The first-order valence-electron chi connectivity index (χ1n) is 6.71. The lowest BCUT2D eigenvalue weighted by atomic mass is 9.77. The van der Waals surface area contributed by atoms with Crippen molar-refractivity contribution in [2.75, 3.05) is 6.54 Å². The van der Waals surface area contributed by atoms with Crippen LogP contribution in [-0.2, 0) is 0 Å². The highest BCUT2D eigenvalue weighted by Crippen LogP contribution is 2.38. The molecule has 1 nitrogen and oxygen atoms in total. The summed E-state index contributed by atoms with van der Waals surface area (Å²) >= 11 is 3.58. The van der Waals surface area contributed by atoms with E-state index in [4.69, 9.17) is 0 Å². The molecule has 0 bridgehead atoms. The molecule has 1 unspecified atom stereocenters. The van der Waals surface area contributed by atoms with Gasteiger partial charge in [0.05, 0.1) is 0 Å². The lowest BCUT2D eigenvalue weighted by molar-refractivity contribution is 0.231. The third kappa shape index (κ3) is 3.11. The normalized spacial score (nSPS) is 17.8. The van der Waals surface area contributed by atoms with E-state index in [1.807, 2.05) is 0 Å². The van der Waals surface area contributed by atoms with Crippen LogP contribution in [0.4, 0.5) is 0 Å². The molecule has 1 N–H and O–H groups in total. The molecule has 0 amide bonds. The van der Waals surface area contributed by atoms with E-state index < -0.39 is 0 Å². The molecule has 1 saturated carbocycles. The Labute approximate surface area is 113 Å². The Morgan fingerprint density at radius 1 is 1.41 bits per heavy atom. The Hall–Kier alpha value is -0.340. The van der Waals surface area contributed by atoms with Gasteiger partial charge in [-0.3, -0.25) is 0 Å². The van der Waals surface area contributed by atoms with Gasteiger partial charge in [-0.25, -0.2) is 0 Å². The Kier molecular flexibility index (Phi) is 4.63. The molecule has 1 fully saturated rings. The molecule has 0 spiro atoms. The first kappa shape index (κ1) is 13.1. The highest BCUT2D eigenvalue weighted by atomic mass is 79.9. The fourth-order valence-corrected chi connectivity index (χ4v) is 2.74. The van der Waals surface area contributed by atoms with Crippen LogP contribution in [0.5, 0.6) is 0 Å². The molecule has 2 heteroatoms. The largest absolute Gasteiger partial charge is 0.310 e. The fraction of sp³-hybridized carbons (Fsp3) is 0.600. The van der Waals surface area contributed by atoms with Crippen LogP contribution in [0.15, 0.2) is 22.7 Å². The van der Waals surface area contributed by atoms with Gasteiger partial charge in [-0.15, -0.1) is 0 Å².